The highest BCUT2D eigenvalue weighted by Crippen LogP contribution is 2.23. The Balaban J connectivity index is 2.00. The Bertz CT molecular complexity index is 312. The van der Waals surface area contributed by atoms with Crippen molar-refractivity contribution < 1.29 is 4.39 Å². The SMILES string of the molecule is CC(F)Cc1ccc(C2CCCNC2)cc1. The van der Waals surface area contributed by atoms with E-state index in [1.54, 1.807) is 6.92 Å². The second kappa shape index (κ2) is 5.44. The van der Waals surface area contributed by atoms with Crippen LogP contribution in [0.15, 0.2) is 24.3 Å². The summed E-state index contributed by atoms with van der Waals surface area (Å²) in [6.07, 6.45) is 2.31. The van der Waals surface area contributed by atoms with Gasteiger partial charge in [-0.15, -0.1) is 0 Å². The molecule has 2 atom stereocenters. The summed E-state index contributed by atoms with van der Waals surface area (Å²) >= 11 is 0. The largest absolute Gasteiger partial charge is 0.316 e. The van der Waals surface area contributed by atoms with E-state index in [1.165, 1.54) is 18.4 Å². The van der Waals surface area contributed by atoms with Crippen LogP contribution in [0, 0.1) is 0 Å². The van der Waals surface area contributed by atoms with Crippen molar-refractivity contribution in [2.24, 2.45) is 0 Å². The zero-order valence-corrected chi connectivity index (χ0v) is 9.88. The molecule has 1 N–H and O–H groups in total. The lowest BCUT2D eigenvalue weighted by molar-refractivity contribution is 0.360. The van der Waals surface area contributed by atoms with E-state index < -0.39 is 6.17 Å². The number of halogens is 1. The summed E-state index contributed by atoms with van der Waals surface area (Å²) in [5.41, 5.74) is 2.49. The van der Waals surface area contributed by atoms with Crippen molar-refractivity contribution >= 4 is 0 Å². The summed E-state index contributed by atoms with van der Waals surface area (Å²) in [7, 11) is 0. The molecule has 1 nitrogen and oxygen atoms in total. The Morgan fingerprint density at radius 3 is 2.69 bits per heavy atom. The van der Waals surface area contributed by atoms with Gasteiger partial charge in [0.1, 0.15) is 6.17 Å². The van der Waals surface area contributed by atoms with Crippen LogP contribution in [0.4, 0.5) is 4.39 Å². The highest BCUT2D eigenvalue weighted by molar-refractivity contribution is 5.26. The fourth-order valence-electron chi connectivity index (χ4n) is 2.39. The molecule has 1 aromatic carbocycles. The van der Waals surface area contributed by atoms with E-state index in [-0.39, 0.29) is 0 Å². The first-order chi connectivity index (χ1) is 7.75. The van der Waals surface area contributed by atoms with E-state index in [9.17, 15) is 4.39 Å². The number of rotatable bonds is 3. The van der Waals surface area contributed by atoms with Crippen LogP contribution < -0.4 is 5.32 Å². The Kier molecular flexibility index (Phi) is 3.94. The number of hydrogen-bond donors (Lipinski definition) is 1. The number of hydrogen-bond acceptors (Lipinski definition) is 1. The lowest BCUT2D eigenvalue weighted by Crippen LogP contribution is -2.28. The molecule has 1 saturated heterocycles. The third-order valence-corrected chi connectivity index (χ3v) is 3.26. The highest BCUT2D eigenvalue weighted by atomic mass is 19.1. The first kappa shape index (κ1) is 11.6. The zero-order chi connectivity index (χ0) is 11.4. The number of nitrogens with one attached hydrogen (secondary N) is 1. The molecule has 2 rings (SSSR count). The van der Waals surface area contributed by atoms with Crippen molar-refractivity contribution in [2.45, 2.75) is 38.3 Å². The van der Waals surface area contributed by atoms with Crippen LogP contribution >= 0.6 is 0 Å². The van der Waals surface area contributed by atoms with E-state index in [4.69, 9.17) is 0 Å². The Labute approximate surface area is 97.1 Å². The minimum Gasteiger partial charge on any atom is -0.316 e. The smallest absolute Gasteiger partial charge is 0.101 e. The van der Waals surface area contributed by atoms with Crippen molar-refractivity contribution in [2.75, 3.05) is 13.1 Å². The standard InChI is InChI=1S/C14H20FN/c1-11(15)9-12-4-6-13(7-5-12)14-3-2-8-16-10-14/h4-7,11,14,16H,2-3,8-10H2,1H3. The van der Waals surface area contributed by atoms with Gasteiger partial charge in [0, 0.05) is 13.0 Å². The molecular formula is C14H20FN. The highest BCUT2D eigenvalue weighted by Gasteiger charge is 2.14. The fraction of sp³-hybridized carbons (Fsp3) is 0.571. The van der Waals surface area contributed by atoms with Gasteiger partial charge in [-0.1, -0.05) is 24.3 Å². The molecule has 0 aromatic heterocycles. The average molecular weight is 221 g/mol. The molecule has 0 spiro atoms. The molecule has 1 heterocycles. The summed E-state index contributed by atoms with van der Waals surface area (Å²) in [6.45, 7) is 3.84. The monoisotopic (exact) mass is 221 g/mol. The van der Waals surface area contributed by atoms with E-state index in [2.05, 4.69) is 29.6 Å². The van der Waals surface area contributed by atoms with Crippen molar-refractivity contribution in [3.63, 3.8) is 0 Å². The second-order valence-corrected chi connectivity index (χ2v) is 4.77. The maximum atomic E-state index is 12.8. The molecule has 1 aliphatic heterocycles. The van der Waals surface area contributed by atoms with Crippen LogP contribution in [0.3, 0.4) is 0 Å². The molecule has 0 bridgehead atoms. The molecule has 0 saturated carbocycles. The molecule has 0 radical (unpaired) electrons. The Hall–Kier alpha value is -0.890. The van der Waals surface area contributed by atoms with Crippen molar-refractivity contribution in [3.05, 3.63) is 35.4 Å². The van der Waals surface area contributed by atoms with Gasteiger partial charge in [0.2, 0.25) is 0 Å². The van der Waals surface area contributed by atoms with Crippen LogP contribution in [0.5, 0.6) is 0 Å². The number of benzene rings is 1. The van der Waals surface area contributed by atoms with Crippen LogP contribution in [0.2, 0.25) is 0 Å². The van der Waals surface area contributed by atoms with Gasteiger partial charge in [-0.05, 0) is 43.4 Å². The van der Waals surface area contributed by atoms with E-state index in [0.29, 0.717) is 12.3 Å². The average Bonchev–Trinajstić information content (AvgIpc) is 2.30. The topological polar surface area (TPSA) is 12.0 Å². The van der Waals surface area contributed by atoms with Gasteiger partial charge in [0.15, 0.2) is 0 Å². The number of alkyl halides is 1. The van der Waals surface area contributed by atoms with E-state index in [1.807, 2.05) is 0 Å². The third-order valence-electron chi connectivity index (χ3n) is 3.26. The quantitative estimate of drug-likeness (QED) is 0.827. The molecule has 1 aliphatic rings. The van der Waals surface area contributed by atoms with Gasteiger partial charge in [-0.25, -0.2) is 4.39 Å². The molecular weight excluding hydrogens is 201 g/mol. The molecule has 1 aromatic rings. The van der Waals surface area contributed by atoms with Crippen molar-refractivity contribution in [1.82, 2.24) is 5.32 Å². The summed E-state index contributed by atoms with van der Waals surface area (Å²) in [5.74, 6) is 0.644. The minimum absolute atomic E-state index is 0.531. The Morgan fingerprint density at radius 1 is 1.38 bits per heavy atom. The summed E-state index contributed by atoms with van der Waals surface area (Å²) < 4.78 is 12.8. The summed E-state index contributed by atoms with van der Waals surface area (Å²) in [4.78, 5) is 0. The van der Waals surface area contributed by atoms with E-state index in [0.717, 1.165) is 18.7 Å². The fourth-order valence-corrected chi connectivity index (χ4v) is 2.39. The molecule has 1 fully saturated rings. The minimum atomic E-state index is -0.748. The maximum Gasteiger partial charge on any atom is 0.101 e. The van der Waals surface area contributed by atoms with Gasteiger partial charge in [0.25, 0.3) is 0 Å². The van der Waals surface area contributed by atoms with Crippen LogP contribution in [0.25, 0.3) is 0 Å². The summed E-state index contributed by atoms with van der Waals surface area (Å²) in [6, 6.07) is 8.46. The van der Waals surface area contributed by atoms with Gasteiger partial charge < -0.3 is 5.32 Å². The maximum absolute atomic E-state index is 12.8. The molecule has 16 heavy (non-hydrogen) atoms. The van der Waals surface area contributed by atoms with Crippen molar-refractivity contribution in [1.29, 1.82) is 0 Å². The number of piperidine rings is 1. The molecule has 2 heteroatoms. The lowest BCUT2D eigenvalue weighted by Gasteiger charge is -2.23. The van der Waals surface area contributed by atoms with Gasteiger partial charge in [-0.2, -0.15) is 0 Å². The lowest BCUT2D eigenvalue weighted by atomic mass is 9.91. The first-order valence-electron chi connectivity index (χ1n) is 6.19. The third kappa shape index (κ3) is 3.05. The predicted octanol–water partition coefficient (Wildman–Crippen LogP) is 3.05. The van der Waals surface area contributed by atoms with Crippen LogP contribution in [0.1, 0.15) is 36.8 Å². The molecule has 88 valence electrons. The van der Waals surface area contributed by atoms with Gasteiger partial charge in [0.05, 0.1) is 0 Å². The van der Waals surface area contributed by atoms with Crippen LogP contribution in [-0.2, 0) is 6.42 Å². The molecule has 2 unspecified atom stereocenters. The normalized spacial score (nSPS) is 23.0. The Morgan fingerprint density at radius 2 is 2.12 bits per heavy atom. The predicted molar refractivity (Wildman–Crippen MR) is 65.6 cm³/mol. The second-order valence-electron chi connectivity index (χ2n) is 4.77. The summed E-state index contributed by atoms with van der Waals surface area (Å²) in [5, 5.41) is 3.42. The first-order valence-corrected chi connectivity index (χ1v) is 6.19. The zero-order valence-electron chi connectivity index (χ0n) is 9.88. The molecule has 0 amide bonds. The molecule has 0 aliphatic carbocycles. The van der Waals surface area contributed by atoms with E-state index >= 15 is 0 Å². The van der Waals surface area contributed by atoms with Gasteiger partial charge >= 0.3 is 0 Å². The van der Waals surface area contributed by atoms with Crippen molar-refractivity contribution in [3.8, 4) is 0 Å². The van der Waals surface area contributed by atoms with Crippen LogP contribution in [-0.4, -0.2) is 19.3 Å². The van der Waals surface area contributed by atoms with Gasteiger partial charge in [-0.3, -0.25) is 0 Å².